The van der Waals surface area contributed by atoms with E-state index >= 15 is 0 Å². The molecule has 0 aliphatic rings. The van der Waals surface area contributed by atoms with Crippen LogP contribution in [0.4, 0.5) is 0 Å². The Hall–Kier alpha value is -1.80. The first-order valence-corrected chi connectivity index (χ1v) is 5.94. The first kappa shape index (κ1) is 12.7. The van der Waals surface area contributed by atoms with Crippen molar-refractivity contribution in [3.8, 4) is 16.9 Å². The summed E-state index contributed by atoms with van der Waals surface area (Å²) >= 11 is 6.00. The number of carbonyl (C=O) groups excluding carboxylic acids is 1. The molecule has 92 valence electrons. The summed E-state index contributed by atoms with van der Waals surface area (Å²) in [6.07, 6.45) is 0. The second-order valence-corrected chi connectivity index (χ2v) is 4.41. The number of ketones is 1. The SMILES string of the molecule is COc1ccc(Cl)cc1-c1ccc(C(C)=O)cc1. The van der Waals surface area contributed by atoms with Gasteiger partial charge in [-0.25, -0.2) is 0 Å². The van der Waals surface area contributed by atoms with Crippen molar-refractivity contribution in [1.82, 2.24) is 0 Å². The smallest absolute Gasteiger partial charge is 0.159 e. The van der Waals surface area contributed by atoms with Crippen molar-refractivity contribution in [1.29, 1.82) is 0 Å². The molecule has 0 bridgehead atoms. The minimum atomic E-state index is 0.0552. The lowest BCUT2D eigenvalue weighted by molar-refractivity contribution is 0.101. The molecule has 0 fully saturated rings. The molecule has 2 aromatic carbocycles. The van der Waals surface area contributed by atoms with Gasteiger partial charge in [0, 0.05) is 16.1 Å². The van der Waals surface area contributed by atoms with E-state index in [1.165, 1.54) is 0 Å². The maximum absolute atomic E-state index is 11.2. The van der Waals surface area contributed by atoms with E-state index in [0.717, 1.165) is 16.9 Å². The summed E-state index contributed by atoms with van der Waals surface area (Å²) in [4.78, 5) is 11.2. The molecular formula is C15H13ClO2. The third-order valence-electron chi connectivity index (χ3n) is 2.76. The van der Waals surface area contributed by atoms with E-state index in [-0.39, 0.29) is 5.78 Å². The molecule has 2 rings (SSSR count). The molecule has 0 saturated carbocycles. The molecule has 0 amide bonds. The van der Waals surface area contributed by atoms with Gasteiger partial charge in [-0.05, 0) is 30.7 Å². The zero-order chi connectivity index (χ0) is 13.1. The lowest BCUT2D eigenvalue weighted by Gasteiger charge is -2.09. The Balaban J connectivity index is 2.48. The largest absolute Gasteiger partial charge is 0.496 e. The van der Waals surface area contributed by atoms with Gasteiger partial charge in [0.05, 0.1) is 7.11 Å². The summed E-state index contributed by atoms with van der Waals surface area (Å²) in [7, 11) is 1.62. The van der Waals surface area contributed by atoms with Crippen LogP contribution >= 0.6 is 11.6 Å². The molecule has 2 aromatic rings. The number of methoxy groups -OCH3 is 1. The van der Waals surface area contributed by atoms with E-state index in [4.69, 9.17) is 16.3 Å². The first-order chi connectivity index (χ1) is 8.61. The van der Waals surface area contributed by atoms with Gasteiger partial charge in [-0.3, -0.25) is 4.79 Å². The standard InChI is InChI=1S/C15H13ClO2/c1-10(17)11-3-5-12(6-4-11)14-9-13(16)7-8-15(14)18-2/h3-9H,1-2H3. The average Bonchev–Trinajstić information content (AvgIpc) is 2.39. The Kier molecular flexibility index (Phi) is 3.68. The van der Waals surface area contributed by atoms with Gasteiger partial charge in [0.2, 0.25) is 0 Å². The highest BCUT2D eigenvalue weighted by atomic mass is 35.5. The van der Waals surface area contributed by atoms with Crippen LogP contribution < -0.4 is 4.74 Å². The van der Waals surface area contributed by atoms with Crippen LogP contribution in [0.15, 0.2) is 42.5 Å². The number of hydrogen-bond donors (Lipinski definition) is 0. The third kappa shape index (κ3) is 2.54. The average molecular weight is 261 g/mol. The maximum Gasteiger partial charge on any atom is 0.159 e. The monoisotopic (exact) mass is 260 g/mol. The number of benzene rings is 2. The van der Waals surface area contributed by atoms with Crippen LogP contribution in [0, 0.1) is 0 Å². The maximum atomic E-state index is 11.2. The highest BCUT2D eigenvalue weighted by Crippen LogP contribution is 2.32. The van der Waals surface area contributed by atoms with Crippen molar-refractivity contribution in [3.63, 3.8) is 0 Å². The molecule has 2 nitrogen and oxygen atoms in total. The van der Waals surface area contributed by atoms with Crippen molar-refractivity contribution < 1.29 is 9.53 Å². The van der Waals surface area contributed by atoms with Gasteiger partial charge >= 0.3 is 0 Å². The lowest BCUT2D eigenvalue weighted by Crippen LogP contribution is -1.92. The van der Waals surface area contributed by atoms with Crippen LogP contribution in [0.2, 0.25) is 5.02 Å². The fourth-order valence-electron chi connectivity index (χ4n) is 1.79. The van der Waals surface area contributed by atoms with Crippen molar-refractivity contribution in [2.75, 3.05) is 7.11 Å². The number of carbonyl (C=O) groups is 1. The molecule has 0 aliphatic heterocycles. The quantitative estimate of drug-likeness (QED) is 0.773. The van der Waals surface area contributed by atoms with Crippen LogP contribution in [0.5, 0.6) is 5.75 Å². The topological polar surface area (TPSA) is 26.3 Å². The first-order valence-electron chi connectivity index (χ1n) is 5.56. The second-order valence-electron chi connectivity index (χ2n) is 3.98. The van der Waals surface area contributed by atoms with Gasteiger partial charge in [-0.15, -0.1) is 0 Å². The fourth-order valence-corrected chi connectivity index (χ4v) is 1.96. The minimum Gasteiger partial charge on any atom is -0.496 e. The van der Waals surface area contributed by atoms with E-state index in [1.807, 2.05) is 24.3 Å². The Bertz CT molecular complexity index is 574. The highest BCUT2D eigenvalue weighted by Gasteiger charge is 2.07. The molecule has 0 atom stereocenters. The zero-order valence-electron chi connectivity index (χ0n) is 10.2. The normalized spacial score (nSPS) is 10.2. The van der Waals surface area contributed by atoms with E-state index in [9.17, 15) is 4.79 Å². The van der Waals surface area contributed by atoms with Gasteiger partial charge < -0.3 is 4.74 Å². The number of Topliss-reactive ketones (excluding diaryl/α,β-unsaturated/α-hetero) is 1. The number of halogens is 1. The summed E-state index contributed by atoms with van der Waals surface area (Å²) in [5.41, 5.74) is 2.58. The Morgan fingerprint density at radius 3 is 2.33 bits per heavy atom. The number of ether oxygens (including phenoxy) is 1. The molecule has 0 aromatic heterocycles. The Morgan fingerprint density at radius 1 is 1.11 bits per heavy atom. The van der Waals surface area contributed by atoms with Crippen LogP contribution in [0.3, 0.4) is 0 Å². The van der Waals surface area contributed by atoms with Crippen LogP contribution in [-0.2, 0) is 0 Å². The number of rotatable bonds is 3. The summed E-state index contributed by atoms with van der Waals surface area (Å²) < 4.78 is 5.31. The molecule has 0 spiro atoms. The van der Waals surface area contributed by atoms with Crippen LogP contribution in [0.1, 0.15) is 17.3 Å². The summed E-state index contributed by atoms with van der Waals surface area (Å²) in [6.45, 7) is 1.55. The molecular weight excluding hydrogens is 248 g/mol. The predicted octanol–water partition coefficient (Wildman–Crippen LogP) is 4.22. The van der Waals surface area contributed by atoms with E-state index in [0.29, 0.717) is 10.6 Å². The van der Waals surface area contributed by atoms with Gasteiger partial charge in [-0.2, -0.15) is 0 Å². The Labute approximate surface area is 111 Å². The molecule has 0 saturated heterocycles. The van der Waals surface area contributed by atoms with Gasteiger partial charge in [0.15, 0.2) is 5.78 Å². The second kappa shape index (κ2) is 5.23. The van der Waals surface area contributed by atoms with Crippen molar-refractivity contribution in [2.24, 2.45) is 0 Å². The lowest BCUT2D eigenvalue weighted by atomic mass is 10.0. The molecule has 0 heterocycles. The Morgan fingerprint density at radius 2 is 1.78 bits per heavy atom. The summed E-state index contributed by atoms with van der Waals surface area (Å²) in [5.74, 6) is 0.814. The summed E-state index contributed by atoms with van der Waals surface area (Å²) in [6, 6.07) is 12.9. The molecule has 18 heavy (non-hydrogen) atoms. The molecule has 3 heteroatoms. The van der Waals surface area contributed by atoms with E-state index < -0.39 is 0 Å². The van der Waals surface area contributed by atoms with E-state index in [2.05, 4.69) is 0 Å². The van der Waals surface area contributed by atoms with Crippen molar-refractivity contribution in [3.05, 3.63) is 53.1 Å². The van der Waals surface area contributed by atoms with Crippen LogP contribution in [-0.4, -0.2) is 12.9 Å². The zero-order valence-corrected chi connectivity index (χ0v) is 11.0. The third-order valence-corrected chi connectivity index (χ3v) is 3.00. The minimum absolute atomic E-state index is 0.0552. The van der Waals surface area contributed by atoms with Crippen LogP contribution in [0.25, 0.3) is 11.1 Å². The van der Waals surface area contributed by atoms with E-state index in [1.54, 1.807) is 32.2 Å². The fraction of sp³-hybridized carbons (Fsp3) is 0.133. The van der Waals surface area contributed by atoms with Gasteiger partial charge in [0.25, 0.3) is 0 Å². The van der Waals surface area contributed by atoms with Gasteiger partial charge in [0.1, 0.15) is 5.75 Å². The highest BCUT2D eigenvalue weighted by molar-refractivity contribution is 6.31. The van der Waals surface area contributed by atoms with Crippen molar-refractivity contribution >= 4 is 17.4 Å². The number of hydrogen-bond acceptors (Lipinski definition) is 2. The molecule has 0 unspecified atom stereocenters. The van der Waals surface area contributed by atoms with Crippen molar-refractivity contribution in [2.45, 2.75) is 6.92 Å². The molecule has 0 radical (unpaired) electrons. The summed E-state index contributed by atoms with van der Waals surface area (Å²) in [5, 5.41) is 0.654. The van der Waals surface area contributed by atoms with Gasteiger partial charge in [-0.1, -0.05) is 35.9 Å². The molecule has 0 N–H and O–H groups in total. The predicted molar refractivity (Wildman–Crippen MR) is 73.4 cm³/mol. The molecule has 0 aliphatic carbocycles.